The van der Waals surface area contributed by atoms with Crippen LogP contribution in [-0.2, 0) is 23.2 Å². The Morgan fingerprint density at radius 3 is 1.32 bits per heavy atom. The molecule has 0 bridgehead atoms. The van der Waals surface area contributed by atoms with Crippen LogP contribution in [0.4, 0.5) is 0 Å². The second-order valence-corrected chi connectivity index (χ2v) is 10.0. The normalized spacial score (nSPS) is 16.3. The molecule has 0 saturated carbocycles. The molecule has 0 amide bonds. The van der Waals surface area contributed by atoms with Gasteiger partial charge in [0.25, 0.3) is 0 Å². The minimum Gasteiger partial charge on any atom is -1.00 e. The predicted octanol–water partition coefficient (Wildman–Crippen LogP) is 1.45. The molecular weight excluding hydrogens is 426 g/mol. The van der Waals surface area contributed by atoms with E-state index in [9.17, 15) is 0 Å². The van der Waals surface area contributed by atoms with Crippen molar-refractivity contribution in [2.45, 2.75) is 91.9 Å². The third-order valence-corrected chi connectivity index (χ3v) is 9.48. The number of hydrogen-bond donors (Lipinski definition) is 0. The molecule has 0 atom stereocenters. The smallest absolute Gasteiger partial charge is 1.00 e. The van der Waals surface area contributed by atoms with Crippen molar-refractivity contribution in [2.24, 2.45) is 0 Å². The summed E-state index contributed by atoms with van der Waals surface area (Å²) in [6.45, 7) is 9.35. The van der Waals surface area contributed by atoms with E-state index in [1.165, 1.54) is 64.2 Å². The monoisotopic (exact) mass is 458 g/mol. The fourth-order valence-electron chi connectivity index (χ4n) is 3.87. The van der Waals surface area contributed by atoms with Gasteiger partial charge in [0, 0.05) is 0 Å². The summed E-state index contributed by atoms with van der Waals surface area (Å²) in [6, 6.07) is 0. The zero-order valence-corrected chi connectivity index (χ0v) is 20.5. The summed E-state index contributed by atoms with van der Waals surface area (Å²) in [7, 11) is 0. The van der Waals surface area contributed by atoms with Crippen LogP contribution in [0.15, 0.2) is 41.0 Å². The van der Waals surface area contributed by atoms with E-state index in [0.29, 0.717) is 0 Å². The van der Waals surface area contributed by atoms with Gasteiger partial charge in [-0.05, 0) is 0 Å². The molecule has 0 N–H and O–H groups in total. The molecule has 0 nitrogen and oxygen atoms in total. The zero-order valence-electron chi connectivity index (χ0n) is 16.5. The van der Waals surface area contributed by atoms with Crippen molar-refractivity contribution in [2.75, 3.05) is 0 Å². The summed E-state index contributed by atoms with van der Waals surface area (Å²) >= 11 is -0.622. The van der Waals surface area contributed by atoms with Gasteiger partial charge in [-0.3, -0.25) is 0 Å². The topological polar surface area (TPSA) is 0 Å². The first-order chi connectivity index (χ1) is 11.2. The van der Waals surface area contributed by atoms with Crippen molar-refractivity contribution in [3.05, 3.63) is 41.0 Å². The van der Waals surface area contributed by atoms with Crippen LogP contribution in [0.3, 0.4) is 0 Å². The predicted molar refractivity (Wildman–Crippen MR) is 99.1 cm³/mol. The van der Waals surface area contributed by atoms with Crippen molar-refractivity contribution >= 4 is 0 Å². The van der Waals surface area contributed by atoms with Gasteiger partial charge in [-0.25, -0.2) is 0 Å². The van der Waals surface area contributed by atoms with E-state index < -0.39 is 23.2 Å². The Morgan fingerprint density at radius 1 is 0.640 bits per heavy atom. The SMILES string of the molecule is CCCC1=CCC(CCC)=[C]1[Zr+2][C]1=C(CCC)CC=C1CCC.[Cl-].[Cl-]. The molecule has 0 unspecified atom stereocenters. The molecule has 0 heterocycles. The summed E-state index contributed by atoms with van der Waals surface area (Å²) in [5, 5.41) is 0. The first-order valence-corrected chi connectivity index (χ1v) is 12.3. The van der Waals surface area contributed by atoms with Gasteiger partial charge in [-0.15, -0.1) is 0 Å². The van der Waals surface area contributed by atoms with Gasteiger partial charge in [-0.1, -0.05) is 0 Å². The largest absolute Gasteiger partial charge is 1.00 e. The van der Waals surface area contributed by atoms with Gasteiger partial charge in [0.2, 0.25) is 0 Å². The summed E-state index contributed by atoms with van der Waals surface area (Å²) in [4.78, 5) is 0. The average molecular weight is 461 g/mol. The summed E-state index contributed by atoms with van der Waals surface area (Å²) in [5.74, 6) is 0. The van der Waals surface area contributed by atoms with Crippen molar-refractivity contribution in [1.29, 1.82) is 0 Å². The van der Waals surface area contributed by atoms with E-state index in [1.807, 2.05) is 17.7 Å². The van der Waals surface area contributed by atoms with Crippen molar-refractivity contribution in [1.82, 2.24) is 0 Å². The Morgan fingerprint density at radius 2 is 1.00 bits per heavy atom. The third kappa shape index (κ3) is 6.82. The Kier molecular flexibility index (Phi) is 13.8. The third-order valence-electron chi connectivity index (χ3n) is 4.93. The Labute approximate surface area is 180 Å². The number of halogens is 2. The molecule has 0 radical (unpaired) electrons. The number of hydrogen-bond acceptors (Lipinski definition) is 0. The second-order valence-electron chi connectivity index (χ2n) is 6.95. The van der Waals surface area contributed by atoms with Gasteiger partial charge < -0.3 is 24.8 Å². The minimum atomic E-state index is -0.622. The summed E-state index contributed by atoms with van der Waals surface area (Å²) < 4.78 is 3.79. The first kappa shape index (κ1) is 25.4. The molecule has 0 aromatic rings. The van der Waals surface area contributed by atoms with Gasteiger partial charge >= 0.3 is 156 Å². The van der Waals surface area contributed by atoms with Crippen LogP contribution >= 0.6 is 0 Å². The molecule has 2 aliphatic rings. The molecule has 0 aromatic carbocycles. The molecular formula is C22H34Cl2Zr. The fourth-order valence-corrected chi connectivity index (χ4v) is 8.37. The van der Waals surface area contributed by atoms with Crippen LogP contribution in [0, 0.1) is 0 Å². The molecule has 25 heavy (non-hydrogen) atoms. The van der Waals surface area contributed by atoms with Crippen LogP contribution < -0.4 is 24.8 Å². The van der Waals surface area contributed by atoms with Crippen molar-refractivity contribution in [3.8, 4) is 0 Å². The van der Waals surface area contributed by atoms with Crippen LogP contribution in [0.25, 0.3) is 0 Å². The van der Waals surface area contributed by atoms with E-state index >= 15 is 0 Å². The Hall–Kier alpha value is 0.423. The summed E-state index contributed by atoms with van der Waals surface area (Å²) in [5.41, 5.74) is 7.12. The van der Waals surface area contributed by atoms with E-state index in [0.717, 1.165) is 0 Å². The van der Waals surface area contributed by atoms with E-state index in [1.54, 1.807) is 11.1 Å². The van der Waals surface area contributed by atoms with Crippen LogP contribution in [0.2, 0.25) is 0 Å². The Bertz CT molecular complexity index is 490. The molecule has 140 valence electrons. The van der Waals surface area contributed by atoms with E-state index in [4.69, 9.17) is 0 Å². The molecule has 0 spiro atoms. The summed E-state index contributed by atoms with van der Waals surface area (Å²) in [6.07, 6.45) is 18.2. The van der Waals surface area contributed by atoms with Crippen LogP contribution in [0.1, 0.15) is 91.9 Å². The molecule has 0 fully saturated rings. The number of rotatable bonds is 10. The van der Waals surface area contributed by atoms with Gasteiger partial charge in [0.1, 0.15) is 0 Å². The molecule has 0 saturated heterocycles. The maximum atomic E-state index is 2.57. The van der Waals surface area contributed by atoms with Crippen LogP contribution in [0.5, 0.6) is 0 Å². The van der Waals surface area contributed by atoms with E-state index in [-0.39, 0.29) is 24.8 Å². The van der Waals surface area contributed by atoms with Crippen molar-refractivity contribution in [3.63, 3.8) is 0 Å². The standard InChI is InChI=1S/2C11H17.2ClH.Zr/c2*1-3-5-10-7-8-11(9-10)6-4-2;;;/h2*7H,3-6,8H2,1-2H3;2*1H;/q;;;;+2/p-2. The molecule has 0 aliphatic heterocycles. The quantitative estimate of drug-likeness (QED) is 0.463. The molecule has 2 aliphatic carbocycles. The average Bonchev–Trinajstić information content (AvgIpc) is 3.08. The maximum Gasteiger partial charge on any atom is -1.00 e. The fraction of sp³-hybridized carbons (Fsp3) is 0.636. The van der Waals surface area contributed by atoms with Gasteiger partial charge in [0.15, 0.2) is 0 Å². The zero-order chi connectivity index (χ0) is 16.7. The number of allylic oxidation sites excluding steroid dienone is 8. The first-order valence-electron chi connectivity index (χ1n) is 9.84. The van der Waals surface area contributed by atoms with Gasteiger partial charge in [0.05, 0.1) is 0 Å². The van der Waals surface area contributed by atoms with E-state index in [2.05, 4.69) is 39.8 Å². The minimum absolute atomic E-state index is 0. The second kappa shape index (κ2) is 13.6. The Balaban J connectivity index is 0.00000288. The van der Waals surface area contributed by atoms with Crippen molar-refractivity contribution < 1.29 is 48.0 Å². The maximum absolute atomic E-state index is 2.57. The molecule has 3 heteroatoms. The molecule has 0 aromatic heterocycles. The van der Waals surface area contributed by atoms with Crippen LogP contribution in [-0.4, -0.2) is 0 Å². The van der Waals surface area contributed by atoms with Gasteiger partial charge in [-0.2, -0.15) is 0 Å². The molecule has 2 rings (SSSR count).